The Balaban J connectivity index is 2.50. The lowest BCUT2D eigenvalue weighted by Crippen LogP contribution is -2.16. The predicted molar refractivity (Wildman–Crippen MR) is 63.9 cm³/mol. The van der Waals surface area contributed by atoms with E-state index in [0.29, 0.717) is 5.69 Å². The number of rotatable bonds is 3. The molecule has 1 N–H and O–H groups in total. The summed E-state index contributed by atoms with van der Waals surface area (Å²) in [6.45, 7) is 1.95. The lowest BCUT2D eigenvalue weighted by Gasteiger charge is -2.13. The minimum atomic E-state index is -0.862. The van der Waals surface area contributed by atoms with Crippen LogP contribution in [0.25, 0.3) is 0 Å². The van der Waals surface area contributed by atoms with E-state index in [4.69, 9.17) is 0 Å². The summed E-state index contributed by atoms with van der Waals surface area (Å²) in [5.74, 6) is -1.53. The number of aryl methyl sites for hydroxylation is 2. The summed E-state index contributed by atoms with van der Waals surface area (Å²) in [6.07, 6.45) is 1.61. The van der Waals surface area contributed by atoms with Crippen molar-refractivity contribution in [3.05, 3.63) is 53.3 Å². The number of carboxylic acids is 1. The molecule has 0 aliphatic heterocycles. The maximum absolute atomic E-state index is 11.4. The van der Waals surface area contributed by atoms with Crippen molar-refractivity contribution >= 4 is 5.97 Å². The van der Waals surface area contributed by atoms with Gasteiger partial charge in [0.25, 0.3) is 0 Å². The first-order valence-corrected chi connectivity index (χ1v) is 5.37. The van der Waals surface area contributed by atoms with Gasteiger partial charge >= 0.3 is 5.97 Å². The molecule has 1 aromatic heterocycles. The molecule has 0 spiro atoms. The Morgan fingerprint density at radius 2 is 2.18 bits per heavy atom. The molecule has 88 valence electrons. The van der Waals surface area contributed by atoms with Crippen molar-refractivity contribution in [2.45, 2.75) is 12.8 Å². The van der Waals surface area contributed by atoms with Gasteiger partial charge in [-0.15, -0.1) is 0 Å². The molecule has 1 heterocycles. The van der Waals surface area contributed by atoms with Crippen LogP contribution in [-0.4, -0.2) is 20.9 Å². The van der Waals surface area contributed by atoms with Crippen LogP contribution in [-0.2, 0) is 11.8 Å². The molecule has 0 aliphatic carbocycles. The Morgan fingerprint density at radius 1 is 1.41 bits per heavy atom. The Labute approximate surface area is 99.5 Å². The van der Waals surface area contributed by atoms with Crippen LogP contribution in [0.3, 0.4) is 0 Å². The molecular weight excluding hydrogens is 216 g/mol. The molecule has 1 unspecified atom stereocenters. The summed E-state index contributed by atoms with van der Waals surface area (Å²) < 4.78 is 1.60. The summed E-state index contributed by atoms with van der Waals surface area (Å²) in [6, 6.07) is 9.29. The number of aromatic nitrogens is 2. The summed E-state index contributed by atoms with van der Waals surface area (Å²) in [5.41, 5.74) is 2.51. The van der Waals surface area contributed by atoms with Crippen molar-refractivity contribution in [3.8, 4) is 0 Å². The molecule has 0 aliphatic rings. The summed E-state index contributed by atoms with van der Waals surface area (Å²) >= 11 is 0. The third-order valence-corrected chi connectivity index (χ3v) is 2.78. The molecule has 4 nitrogen and oxygen atoms in total. The summed E-state index contributed by atoms with van der Waals surface area (Å²) in [7, 11) is 1.75. The van der Waals surface area contributed by atoms with Crippen molar-refractivity contribution in [2.75, 3.05) is 0 Å². The second kappa shape index (κ2) is 4.41. The summed E-state index contributed by atoms with van der Waals surface area (Å²) in [4.78, 5) is 11.4. The molecule has 0 saturated carbocycles. The molecule has 1 atom stereocenters. The van der Waals surface area contributed by atoms with Crippen LogP contribution >= 0.6 is 0 Å². The average Bonchev–Trinajstić information content (AvgIpc) is 2.65. The predicted octanol–water partition coefficient (Wildman–Crippen LogP) is 1.95. The van der Waals surface area contributed by atoms with E-state index in [9.17, 15) is 9.90 Å². The minimum Gasteiger partial charge on any atom is -0.480 e. The van der Waals surface area contributed by atoms with Crippen LogP contribution in [0.4, 0.5) is 0 Å². The molecular formula is C13H14N2O2. The van der Waals surface area contributed by atoms with E-state index in [2.05, 4.69) is 5.10 Å². The first-order chi connectivity index (χ1) is 8.09. The van der Waals surface area contributed by atoms with Gasteiger partial charge in [-0.1, -0.05) is 29.8 Å². The van der Waals surface area contributed by atoms with Gasteiger partial charge in [0.05, 0.1) is 5.69 Å². The van der Waals surface area contributed by atoms with Gasteiger partial charge in [-0.25, -0.2) is 0 Å². The zero-order valence-electron chi connectivity index (χ0n) is 9.79. The number of carbonyl (C=O) groups is 1. The van der Waals surface area contributed by atoms with Crippen LogP contribution in [0.5, 0.6) is 0 Å². The highest BCUT2D eigenvalue weighted by Gasteiger charge is 2.24. The molecule has 17 heavy (non-hydrogen) atoms. The Hall–Kier alpha value is -2.10. The molecule has 1 aromatic carbocycles. The second-order valence-corrected chi connectivity index (χ2v) is 4.07. The molecule has 0 bridgehead atoms. The van der Waals surface area contributed by atoms with Crippen LogP contribution in [0.15, 0.2) is 36.5 Å². The molecule has 0 radical (unpaired) electrons. The smallest absolute Gasteiger partial charge is 0.317 e. The number of aliphatic carboxylic acids is 1. The van der Waals surface area contributed by atoms with Gasteiger partial charge in [-0.2, -0.15) is 5.10 Å². The molecule has 0 saturated heterocycles. The van der Waals surface area contributed by atoms with Gasteiger partial charge in [0.15, 0.2) is 0 Å². The van der Waals surface area contributed by atoms with Crippen LogP contribution < -0.4 is 0 Å². The average molecular weight is 230 g/mol. The SMILES string of the molecule is Cc1cccc(C(C(=O)O)c2ccnn2C)c1. The Morgan fingerprint density at radius 3 is 2.71 bits per heavy atom. The van der Waals surface area contributed by atoms with Gasteiger partial charge < -0.3 is 5.11 Å². The first kappa shape index (κ1) is 11.4. The zero-order chi connectivity index (χ0) is 12.4. The fourth-order valence-corrected chi connectivity index (χ4v) is 1.96. The zero-order valence-corrected chi connectivity index (χ0v) is 9.79. The standard InChI is InChI=1S/C13H14N2O2/c1-9-4-3-5-10(8-9)12(13(16)17)11-6-7-14-15(11)2/h3-8,12H,1-2H3,(H,16,17). The van der Waals surface area contributed by atoms with Crippen molar-refractivity contribution in [3.63, 3.8) is 0 Å². The third-order valence-electron chi connectivity index (χ3n) is 2.78. The number of nitrogens with zero attached hydrogens (tertiary/aromatic N) is 2. The summed E-state index contributed by atoms with van der Waals surface area (Å²) in [5, 5.41) is 13.4. The van der Waals surface area contributed by atoms with Crippen LogP contribution in [0, 0.1) is 6.92 Å². The largest absolute Gasteiger partial charge is 0.480 e. The number of hydrogen-bond donors (Lipinski definition) is 1. The topological polar surface area (TPSA) is 55.1 Å². The molecule has 2 aromatic rings. The fourth-order valence-electron chi connectivity index (χ4n) is 1.96. The molecule has 0 amide bonds. The van der Waals surface area contributed by atoms with E-state index in [1.54, 1.807) is 24.0 Å². The highest BCUT2D eigenvalue weighted by atomic mass is 16.4. The van der Waals surface area contributed by atoms with E-state index in [1.165, 1.54) is 0 Å². The Kier molecular flexibility index (Phi) is 2.95. The van der Waals surface area contributed by atoms with Crippen molar-refractivity contribution in [2.24, 2.45) is 7.05 Å². The lowest BCUT2D eigenvalue weighted by atomic mass is 9.94. The highest BCUT2D eigenvalue weighted by molar-refractivity contribution is 5.79. The van der Waals surface area contributed by atoms with E-state index in [-0.39, 0.29) is 0 Å². The minimum absolute atomic E-state index is 0.664. The Bertz CT molecular complexity index is 546. The van der Waals surface area contributed by atoms with E-state index in [1.807, 2.05) is 31.2 Å². The highest BCUT2D eigenvalue weighted by Crippen LogP contribution is 2.24. The fraction of sp³-hybridized carbons (Fsp3) is 0.231. The van der Waals surface area contributed by atoms with Crippen molar-refractivity contribution in [1.82, 2.24) is 9.78 Å². The van der Waals surface area contributed by atoms with Gasteiger partial charge in [0.1, 0.15) is 5.92 Å². The van der Waals surface area contributed by atoms with Gasteiger partial charge in [-0.3, -0.25) is 9.48 Å². The third kappa shape index (κ3) is 2.20. The number of hydrogen-bond acceptors (Lipinski definition) is 2. The number of carboxylic acid groups (broad SMARTS) is 1. The van der Waals surface area contributed by atoms with Gasteiger partial charge in [0.2, 0.25) is 0 Å². The maximum atomic E-state index is 11.4. The quantitative estimate of drug-likeness (QED) is 0.876. The van der Waals surface area contributed by atoms with Crippen molar-refractivity contribution in [1.29, 1.82) is 0 Å². The van der Waals surface area contributed by atoms with Gasteiger partial charge in [0, 0.05) is 13.2 Å². The molecule has 2 rings (SSSR count). The maximum Gasteiger partial charge on any atom is 0.317 e. The van der Waals surface area contributed by atoms with Gasteiger partial charge in [-0.05, 0) is 18.6 Å². The number of benzene rings is 1. The lowest BCUT2D eigenvalue weighted by molar-refractivity contribution is -0.137. The second-order valence-electron chi connectivity index (χ2n) is 4.07. The first-order valence-electron chi connectivity index (χ1n) is 5.37. The van der Waals surface area contributed by atoms with Crippen LogP contribution in [0.2, 0.25) is 0 Å². The molecule has 4 heteroatoms. The van der Waals surface area contributed by atoms with E-state index in [0.717, 1.165) is 11.1 Å². The molecule has 0 fully saturated rings. The normalized spacial score (nSPS) is 12.4. The van der Waals surface area contributed by atoms with E-state index >= 15 is 0 Å². The monoisotopic (exact) mass is 230 g/mol. The van der Waals surface area contributed by atoms with Crippen molar-refractivity contribution < 1.29 is 9.90 Å². The van der Waals surface area contributed by atoms with E-state index < -0.39 is 11.9 Å². The van der Waals surface area contributed by atoms with Crippen LogP contribution in [0.1, 0.15) is 22.7 Å².